The van der Waals surface area contributed by atoms with Gasteiger partial charge >= 0.3 is 0 Å². The second-order valence-electron chi connectivity index (χ2n) is 4.92. The molecule has 0 aromatic heterocycles. The molecule has 0 spiro atoms. The SMILES string of the molecule is Cc1cccc(S(=O)(=O)NCC2CN(C)CCO2)c1. The Kier molecular flexibility index (Phi) is 4.57. The average Bonchev–Trinajstić information content (AvgIpc) is 2.37. The molecule has 0 amide bonds. The van der Waals surface area contributed by atoms with Crippen LogP contribution in [0.2, 0.25) is 0 Å². The van der Waals surface area contributed by atoms with E-state index in [9.17, 15) is 8.42 Å². The van der Waals surface area contributed by atoms with E-state index in [1.807, 2.05) is 20.0 Å². The Bertz CT molecular complexity index is 530. The molecule has 1 aliphatic rings. The third kappa shape index (κ3) is 4.01. The lowest BCUT2D eigenvalue weighted by atomic mass is 10.2. The van der Waals surface area contributed by atoms with E-state index in [1.165, 1.54) is 0 Å². The minimum atomic E-state index is -3.45. The average molecular weight is 284 g/mol. The van der Waals surface area contributed by atoms with E-state index in [0.717, 1.165) is 18.7 Å². The molecule has 2 rings (SSSR count). The highest BCUT2D eigenvalue weighted by atomic mass is 32.2. The fraction of sp³-hybridized carbons (Fsp3) is 0.538. The van der Waals surface area contributed by atoms with Gasteiger partial charge in [0.05, 0.1) is 17.6 Å². The van der Waals surface area contributed by atoms with Crippen molar-refractivity contribution < 1.29 is 13.2 Å². The number of rotatable bonds is 4. The van der Waals surface area contributed by atoms with E-state index in [4.69, 9.17) is 4.74 Å². The Morgan fingerprint density at radius 1 is 1.47 bits per heavy atom. The fourth-order valence-corrected chi connectivity index (χ4v) is 3.23. The highest BCUT2D eigenvalue weighted by Crippen LogP contribution is 2.11. The summed E-state index contributed by atoms with van der Waals surface area (Å²) in [6.07, 6.45) is -0.0849. The Labute approximate surface area is 114 Å². The topological polar surface area (TPSA) is 58.6 Å². The zero-order valence-corrected chi connectivity index (χ0v) is 12.1. The van der Waals surface area contributed by atoms with Gasteiger partial charge in [0.1, 0.15) is 0 Å². The maximum Gasteiger partial charge on any atom is 0.240 e. The van der Waals surface area contributed by atoms with Crippen molar-refractivity contribution >= 4 is 10.0 Å². The van der Waals surface area contributed by atoms with Crippen LogP contribution in [0.3, 0.4) is 0 Å². The van der Waals surface area contributed by atoms with Crippen LogP contribution >= 0.6 is 0 Å². The minimum absolute atomic E-state index is 0.0849. The summed E-state index contributed by atoms with van der Waals surface area (Å²) in [5.41, 5.74) is 0.927. The van der Waals surface area contributed by atoms with Crippen molar-refractivity contribution in [3.8, 4) is 0 Å². The van der Waals surface area contributed by atoms with E-state index in [2.05, 4.69) is 9.62 Å². The van der Waals surface area contributed by atoms with Crippen LogP contribution in [0.4, 0.5) is 0 Å². The van der Waals surface area contributed by atoms with Crippen LogP contribution in [-0.2, 0) is 14.8 Å². The number of likely N-dealkylation sites (N-methyl/N-ethyl adjacent to an activating group) is 1. The van der Waals surface area contributed by atoms with Crippen molar-refractivity contribution in [3.63, 3.8) is 0 Å². The standard InChI is InChI=1S/C13H20N2O3S/c1-11-4-3-5-13(8-11)19(16,17)14-9-12-10-15(2)6-7-18-12/h3-5,8,12,14H,6-7,9-10H2,1-2H3. The summed E-state index contributed by atoms with van der Waals surface area (Å²) in [7, 11) is -1.44. The predicted molar refractivity (Wildman–Crippen MR) is 73.6 cm³/mol. The largest absolute Gasteiger partial charge is 0.374 e. The number of nitrogens with one attached hydrogen (secondary N) is 1. The van der Waals surface area contributed by atoms with E-state index in [0.29, 0.717) is 18.0 Å². The quantitative estimate of drug-likeness (QED) is 0.880. The highest BCUT2D eigenvalue weighted by molar-refractivity contribution is 7.89. The van der Waals surface area contributed by atoms with Gasteiger partial charge in [0, 0.05) is 19.6 Å². The highest BCUT2D eigenvalue weighted by Gasteiger charge is 2.21. The van der Waals surface area contributed by atoms with Crippen LogP contribution in [0.25, 0.3) is 0 Å². The monoisotopic (exact) mass is 284 g/mol. The molecule has 1 unspecified atom stereocenters. The fourth-order valence-electron chi connectivity index (χ4n) is 2.06. The number of aryl methyl sites for hydroxylation is 1. The van der Waals surface area contributed by atoms with Gasteiger partial charge in [-0.25, -0.2) is 13.1 Å². The first-order chi connectivity index (χ1) is 8.97. The molecular formula is C13H20N2O3S. The van der Waals surface area contributed by atoms with Gasteiger partial charge in [-0.3, -0.25) is 0 Å². The van der Waals surface area contributed by atoms with Crippen molar-refractivity contribution in [2.75, 3.05) is 33.3 Å². The Morgan fingerprint density at radius 2 is 2.26 bits per heavy atom. The maximum absolute atomic E-state index is 12.1. The summed E-state index contributed by atoms with van der Waals surface area (Å²) in [5, 5.41) is 0. The first-order valence-electron chi connectivity index (χ1n) is 6.34. The molecule has 1 saturated heterocycles. The Balaban J connectivity index is 1.98. The molecule has 1 aromatic carbocycles. The van der Waals surface area contributed by atoms with E-state index in [-0.39, 0.29) is 6.10 Å². The minimum Gasteiger partial charge on any atom is -0.374 e. The molecule has 106 valence electrons. The van der Waals surface area contributed by atoms with Gasteiger partial charge in [-0.15, -0.1) is 0 Å². The number of sulfonamides is 1. The van der Waals surface area contributed by atoms with Gasteiger partial charge in [-0.1, -0.05) is 12.1 Å². The first-order valence-corrected chi connectivity index (χ1v) is 7.82. The number of benzene rings is 1. The summed E-state index contributed by atoms with van der Waals surface area (Å²) in [6, 6.07) is 6.88. The molecule has 6 heteroatoms. The van der Waals surface area contributed by atoms with Crippen LogP contribution in [0.1, 0.15) is 5.56 Å². The lowest BCUT2D eigenvalue weighted by molar-refractivity contribution is -0.0156. The predicted octanol–water partition coefficient (Wildman–Crippen LogP) is 0.604. The summed E-state index contributed by atoms with van der Waals surface area (Å²) >= 11 is 0. The molecule has 1 fully saturated rings. The lowest BCUT2D eigenvalue weighted by Gasteiger charge is -2.30. The van der Waals surface area contributed by atoms with Gasteiger partial charge in [0.2, 0.25) is 10.0 Å². The molecule has 1 aromatic rings. The van der Waals surface area contributed by atoms with Crippen molar-refractivity contribution in [1.29, 1.82) is 0 Å². The van der Waals surface area contributed by atoms with Crippen molar-refractivity contribution in [2.45, 2.75) is 17.9 Å². The van der Waals surface area contributed by atoms with Crippen molar-refractivity contribution in [3.05, 3.63) is 29.8 Å². The van der Waals surface area contributed by atoms with Crippen LogP contribution in [0.15, 0.2) is 29.2 Å². The smallest absolute Gasteiger partial charge is 0.240 e. The number of morpholine rings is 1. The van der Waals surface area contributed by atoms with E-state index >= 15 is 0 Å². The van der Waals surface area contributed by atoms with Gasteiger partial charge in [-0.05, 0) is 31.7 Å². The second kappa shape index (κ2) is 6.00. The molecule has 1 atom stereocenters. The third-order valence-corrected chi connectivity index (χ3v) is 4.56. The van der Waals surface area contributed by atoms with Gasteiger partial charge in [-0.2, -0.15) is 0 Å². The molecule has 0 bridgehead atoms. The van der Waals surface area contributed by atoms with Crippen molar-refractivity contribution in [2.24, 2.45) is 0 Å². The zero-order chi connectivity index (χ0) is 13.9. The molecule has 1 heterocycles. The maximum atomic E-state index is 12.1. The molecule has 0 radical (unpaired) electrons. The van der Waals surface area contributed by atoms with Crippen molar-refractivity contribution in [1.82, 2.24) is 9.62 Å². The van der Waals surface area contributed by atoms with Crippen LogP contribution < -0.4 is 4.72 Å². The molecule has 0 aliphatic carbocycles. The third-order valence-electron chi connectivity index (χ3n) is 3.14. The Morgan fingerprint density at radius 3 is 2.95 bits per heavy atom. The van der Waals surface area contributed by atoms with Crippen LogP contribution in [0.5, 0.6) is 0 Å². The second-order valence-corrected chi connectivity index (χ2v) is 6.69. The lowest BCUT2D eigenvalue weighted by Crippen LogP contribution is -2.45. The summed E-state index contributed by atoms with van der Waals surface area (Å²) in [6.45, 7) is 4.46. The molecular weight excluding hydrogens is 264 g/mol. The Hall–Kier alpha value is -0.950. The van der Waals surface area contributed by atoms with Crippen LogP contribution in [0, 0.1) is 6.92 Å². The van der Waals surface area contributed by atoms with Gasteiger partial charge in [0.15, 0.2) is 0 Å². The molecule has 0 saturated carbocycles. The van der Waals surface area contributed by atoms with E-state index in [1.54, 1.807) is 18.2 Å². The number of hydrogen-bond donors (Lipinski definition) is 1. The van der Waals surface area contributed by atoms with Crippen LogP contribution in [-0.4, -0.2) is 52.7 Å². The van der Waals surface area contributed by atoms with Gasteiger partial charge < -0.3 is 9.64 Å². The molecule has 1 aliphatic heterocycles. The number of nitrogens with zero attached hydrogens (tertiary/aromatic N) is 1. The normalized spacial score (nSPS) is 21.5. The first kappa shape index (κ1) is 14.5. The van der Waals surface area contributed by atoms with E-state index < -0.39 is 10.0 Å². The number of ether oxygens (including phenoxy) is 1. The zero-order valence-electron chi connectivity index (χ0n) is 11.3. The number of hydrogen-bond acceptors (Lipinski definition) is 4. The summed E-state index contributed by atoms with van der Waals surface area (Å²) < 4.78 is 32.4. The molecule has 1 N–H and O–H groups in total. The summed E-state index contributed by atoms with van der Waals surface area (Å²) in [4.78, 5) is 2.44. The summed E-state index contributed by atoms with van der Waals surface area (Å²) in [5.74, 6) is 0. The molecule has 19 heavy (non-hydrogen) atoms. The molecule has 5 nitrogen and oxygen atoms in total. The van der Waals surface area contributed by atoms with Gasteiger partial charge in [0.25, 0.3) is 0 Å².